The highest BCUT2D eigenvalue weighted by Gasteiger charge is 2.42. The van der Waals surface area contributed by atoms with E-state index in [9.17, 15) is 9.18 Å². The number of amides is 1. The third kappa shape index (κ3) is 3.18. The number of hydrogen-bond donors (Lipinski definition) is 2. The molecule has 6 nitrogen and oxygen atoms in total. The molecule has 122 valence electrons. The SMILES string of the molecule is COc1ccc(CCC(=O)NC2(c3ncn[nH]3)CCC2)cc1F. The predicted molar refractivity (Wildman–Crippen MR) is 81.3 cm³/mol. The average Bonchev–Trinajstić information content (AvgIpc) is 3.03. The predicted octanol–water partition coefficient (Wildman–Crippen LogP) is 2.08. The van der Waals surface area contributed by atoms with Crippen LogP contribution in [0.3, 0.4) is 0 Å². The Kier molecular flexibility index (Phi) is 4.27. The monoisotopic (exact) mass is 318 g/mol. The van der Waals surface area contributed by atoms with Crippen LogP contribution in [0.4, 0.5) is 4.39 Å². The van der Waals surface area contributed by atoms with Gasteiger partial charge in [0, 0.05) is 6.42 Å². The van der Waals surface area contributed by atoms with Crippen LogP contribution in [0.5, 0.6) is 5.75 Å². The number of halogens is 1. The van der Waals surface area contributed by atoms with Crippen molar-refractivity contribution in [3.8, 4) is 5.75 Å². The van der Waals surface area contributed by atoms with Gasteiger partial charge in [-0.3, -0.25) is 9.89 Å². The number of aryl methyl sites for hydroxylation is 1. The first kappa shape index (κ1) is 15.5. The molecule has 1 aliphatic carbocycles. The van der Waals surface area contributed by atoms with Crippen molar-refractivity contribution in [1.82, 2.24) is 20.5 Å². The molecule has 1 aromatic carbocycles. The lowest BCUT2D eigenvalue weighted by Crippen LogP contribution is -2.51. The van der Waals surface area contributed by atoms with Crippen molar-refractivity contribution in [2.75, 3.05) is 7.11 Å². The fourth-order valence-corrected chi connectivity index (χ4v) is 2.84. The fraction of sp³-hybridized carbons (Fsp3) is 0.438. The third-order valence-electron chi connectivity index (χ3n) is 4.31. The molecule has 23 heavy (non-hydrogen) atoms. The van der Waals surface area contributed by atoms with E-state index >= 15 is 0 Å². The first-order valence-electron chi connectivity index (χ1n) is 7.62. The minimum absolute atomic E-state index is 0.0719. The van der Waals surface area contributed by atoms with E-state index in [0.717, 1.165) is 24.8 Å². The number of carbonyl (C=O) groups excluding carboxylic acids is 1. The fourth-order valence-electron chi connectivity index (χ4n) is 2.84. The number of nitrogens with zero attached hydrogens (tertiary/aromatic N) is 2. The van der Waals surface area contributed by atoms with E-state index < -0.39 is 11.4 Å². The maximum absolute atomic E-state index is 13.7. The molecule has 1 aromatic heterocycles. The molecule has 3 rings (SSSR count). The smallest absolute Gasteiger partial charge is 0.221 e. The molecule has 1 fully saturated rings. The van der Waals surface area contributed by atoms with Gasteiger partial charge in [0.1, 0.15) is 12.2 Å². The molecule has 0 bridgehead atoms. The number of H-pyrrole nitrogens is 1. The van der Waals surface area contributed by atoms with Crippen molar-refractivity contribution < 1.29 is 13.9 Å². The molecular formula is C16H19FN4O2. The summed E-state index contributed by atoms with van der Waals surface area (Å²) in [6.07, 6.45) is 4.96. The van der Waals surface area contributed by atoms with Crippen molar-refractivity contribution in [1.29, 1.82) is 0 Å². The Morgan fingerprint density at radius 3 is 2.87 bits per heavy atom. The summed E-state index contributed by atoms with van der Waals surface area (Å²) in [6, 6.07) is 4.75. The van der Waals surface area contributed by atoms with Crippen molar-refractivity contribution in [3.63, 3.8) is 0 Å². The molecule has 0 aliphatic heterocycles. The molecule has 0 spiro atoms. The zero-order valence-electron chi connectivity index (χ0n) is 12.9. The van der Waals surface area contributed by atoms with E-state index in [1.165, 1.54) is 19.5 Å². The number of aromatic nitrogens is 3. The van der Waals surface area contributed by atoms with Crippen LogP contribution in [-0.2, 0) is 16.8 Å². The Morgan fingerprint density at radius 1 is 1.48 bits per heavy atom. The first-order valence-corrected chi connectivity index (χ1v) is 7.62. The van der Waals surface area contributed by atoms with Gasteiger partial charge in [-0.25, -0.2) is 9.37 Å². The molecule has 0 saturated heterocycles. The molecule has 0 atom stereocenters. The van der Waals surface area contributed by atoms with Gasteiger partial charge in [-0.1, -0.05) is 6.07 Å². The number of benzene rings is 1. The van der Waals surface area contributed by atoms with Gasteiger partial charge >= 0.3 is 0 Å². The molecule has 1 heterocycles. The van der Waals surface area contributed by atoms with E-state index in [1.807, 2.05) is 0 Å². The van der Waals surface area contributed by atoms with Crippen molar-refractivity contribution >= 4 is 5.91 Å². The number of carbonyl (C=O) groups is 1. The van der Waals surface area contributed by atoms with E-state index in [1.54, 1.807) is 12.1 Å². The molecule has 7 heteroatoms. The summed E-state index contributed by atoms with van der Waals surface area (Å²) in [6.45, 7) is 0. The minimum Gasteiger partial charge on any atom is -0.494 e. The normalized spacial score (nSPS) is 15.7. The summed E-state index contributed by atoms with van der Waals surface area (Å²) in [5, 5.41) is 9.74. The molecule has 2 aromatic rings. The topological polar surface area (TPSA) is 79.9 Å². The van der Waals surface area contributed by atoms with Crippen LogP contribution in [0.25, 0.3) is 0 Å². The summed E-state index contributed by atoms with van der Waals surface area (Å²) in [5.74, 6) is 0.421. The number of rotatable bonds is 6. The summed E-state index contributed by atoms with van der Waals surface area (Å²) < 4.78 is 18.5. The number of ether oxygens (including phenoxy) is 1. The Morgan fingerprint density at radius 2 is 2.30 bits per heavy atom. The largest absolute Gasteiger partial charge is 0.494 e. The number of aromatic amines is 1. The summed E-state index contributed by atoms with van der Waals surface area (Å²) in [4.78, 5) is 16.4. The van der Waals surface area contributed by atoms with Crippen molar-refractivity contribution in [2.24, 2.45) is 0 Å². The third-order valence-corrected chi connectivity index (χ3v) is 4.31. The number of methoxy groups -OCH3 is 1. The van der Waals surface area contributed by atoms with Crippen LogP contribution in [0.2, 0.25) is 0 Å². The summed E-state index contributed by atoms with van der Waals surface area (Å²) >= 11 is 0. The first-order chi connectivity index (χ1) is 11.1. The Bertz CT molecular complexity index is 683. The molecule has 1 amide bonds. The van der Waals surface area contributed by atoms with E-state index in [-0.39, 0.29) is 11.7 Å². The molecule has 0 unspecified atom stereocenters. The Balaban J connectivity index is 1.58. The van der Waals surface area contributed by atoms with Crippen LogP contribution in [0, 0.1) is 5.82 Å². The highest BCUT2D eigenvalue weighted by Crippen LogP contribution is 2.39. The van der Waals surface area contributed by atoms with Gasteiger partial charge in [0.25, 0.3) is 0 Å². The number of hydrogen-bond acceptors (Lipinski definition) is 4. The minimum atomic E-state index is -0.418. The second-order valence-corrected chi connectivity index (χ2v) is 5.79. The lowest BCUT2D eigenvalue weighted by atomic mass is 9.76. The lowest BCUT2D eigenvalue weighted by Gasteiger charge is -2.40. The molecule has 2 N–H and O–H groups in total. The zero-order chi connectivity index (χ0) is 16.3. The quantitative estimate of drug-likeness (QED) is 0.854. The van der Waals surface area contributed by atoms with Gasteiger partial charge < -0.3 is 10.1 Å². The van der Waals surface area contributed by atoms with Gasteiger partial charge in [-0.05, 0) is 43.4 Å². The molecule has 1 saturated carbocycles. The maximum Gasteiger partial charge on any atom is 0.221 e. The Hall–Kier alpha value is -2.44. The lowest BCUT2D eigenvalue weighted by molar-refractivity contribution is -0.124. The van der Waals surface area contributed by atoms with Crippen LogP contribution >= 0.6 is 0 Å². The maximum atomic E-state index is 13.7. The van der Waals surface area contributed by atoms with E-state index in [0.29, 0.717) is 18.7 Å². The highest BCUT2D eigenvalue weighted by atomic mass is 19.1. The van der Waals surface area contributed by atoms with Crippen molar-refractivity contribution in [3.05, 3.63) is 41.7 Å². The van der Waals surface area contributed by atoms with Crippen LogP contribution in [0.15, 0.2) is 24.5 Å². The molecule has 1 aliphatic rings. The second-order valence-electron chi connectivity index (χ2n) is 5.79. The highest BCUT2D eigenvalue weighted by molar-refractivity contribution is 5.77. The van der Waals surface area contributed by atoms with E-state index in [2.05, 4.69) is 20.5 Å². The number of nitrogens with one attached hydrogen (secondary N) is 2. The summed E-state index contributed by atoms with van der Waals surface area (Å²) in [7, 11) is 1.42. The van der Waals surface area contributed by atoms with E-state index in [4.69, 9.17) is 4.74 Å². The molecule has 0 radical (unpaired) electrons. The second kappa shape index (κ2) is 6.36. The van der Waals surface area contributed by atoms with Gasteiger partial charge in [-0.15, -0.1) is 0 Å². The van der Waals surface area contributed by atoms with Crippen LogP contribution < -0.4 is 10.1 Å². The van der Waals surface area contributed by atoms with Gasteiger partial charge in [-0.2, -0.15) is 5.10 Å². The summed E-state index contributed by atoms with van der Waals surface area (Å²) in [5.41, 5.74) is 0.347. The standard InChI is InChI=1S/C16H19FN4O2/c1-23-13-5-3-11(9-12(13)17)4-6-14(22)20-16(7-2-8-16)15-18-10-19-21-15/h3,5,9-10H,2,4,6-8H2,1H3,(H,20,22)(H,18,19,21). The van der Waals surface area contributed by atoms with Gasteiger partial charge in [0.15, 0.2) is 11.6 Å². The van der Waals surface area contributed by atoms with Gasteiger partial charge in [0.05, 0.1) is 12.6 Å². The van der Waals surface area contributed by atoms with Gasteiger partial charge in [0.2, 0.25) is 5.91 Å². The Labute approximate surface area is 133 Å². The van der Waals surface area contributed by atoms with Crippen LogP contribution in [-0.4, -0.2) is 28.2 Å². The van der Waals surface area contributed by atoms with Crippen molar-refractivity contribution in [2.45, 2.75) is 37.6 Å². The zero-order valence-corrected chi connectivity index (χ0v) is 12.9. The van der Waals surface area contributed by atoms with Crippen LogP contribution in [0.1, 0.15) is 37.1 Å². The average molecular weight is 318 g/mol. The molecular weight excluding hydrogens is 299 g/mol.